The molecule has 4 unspecified atom stereocenters. The van der Waals surface area contributed by atoms with Gasteiger partial charge in [-0.15, -0.1) is 0 Å². The first-order chi connectivity index (χ1) is 8.88. The lowest BCUT2D eigenvalue weighted by Gasteiger charge is -2.41. The number of hydrogen-bond acceptors (Lipinski definition) is 6. The molecule has 2 rings (SSSR count). The fraction of sp³-hybridized carbons (Fsp3) is 1.00. The van der Waals surface area contributed by atoms with Gasteiger partial charge >= 0.3 is 0 Å². The van der Waals surface area contributed by atoms with E-state index in [-0.39, 0.29) is 24.7 Å². The Kier molecular flexibility index (Phi) is 4.81. The summed E-state index contributed by atoms with van der Waals surface area (Å²) in [5, 5.41) is 29.4. The molecule has 6 heteroatoms. The van der Waals surface area contributed by atoms with Crippen molar-refractivity contribution >= 4 is 0 Å². The van der Waals surface area contributed by atoms with Crippen LogP contribution in [-0.2, 0) is 14.2 Å². The summed E-state index contributed by atoms with van der Waals surface area (Å²) in [5.41, 5.74) is 0. The fourth-order valence-corrected chi connectivity index (χ4v) is 2.71. The quantitative estimate of drug-likeness (QED) is 0.646. The maximum absolute atomic E-state index is 10.1. The molecular formula is C13H24O6. The predicted octanol–water partition coefficient (Wildman–Crippen LogP) is -0.214. The van der Waals surface area contributed by atoms with Gasteiger partial charge in [0, 0.05) is 12.8 Å². The first kappa shape index (κ1) is 15.2. The Bertz CT molecular complexity index is 287. The van der Waals surface area contributed by atoms with Gasteiger partial charge in [0.25, 0.3) is 0 Å². The zero-order valence-corrected chi connectivity index (χ0v) is 11.6. The van der Waals surface area contributed by atoms with E-state index < -0.39 is 30.7 Å². The zero-order valence-electron chi connectivity index (χ0n) is 11.6. The van der Waals surface area contributed by atoms with Gasteiger partial charge in [-0.25, -0.2) is 0 Å². The fourth-order valence-electron chi connectivity index (χ4n) is 2.71. The van der Waals surface area contributed by atoms with E-state index >= 15 is 0 Å². The largest absolute Gasteiger partial charge is 0.390 e. The van der Waals surface area contributed by atoms with Crippen LogP contribution in [-0.4, -0.2) is 64.3 Å². The average Bonchev–Trinajstić information content (AvgIpc) is 2.32. The van der Waals surface area contributed by atoms with Crippen LogP contribution in [0.25, 0.3) is 0 Å². The first-order valence-corrected chi connectivity index (χ1v) is 6.89. The molecule has 19 heavy (non-hydrogen) atoms. The van der Waals surface area contributed by atoms with Crippen LogP contribution in [0.2, 0.25) is 0 Å². The minimum Gasteiger partial charge on any atom is -0.390 e. The molecule has 2 aliphatic rings. The van der Waals surface area contributed by atoms with Gasteiger partial charge < -0.3 is 29.5 Å². The standard InChI is InChI=1S/C13H24O6/c1-6-4-10(13(16)8(3)17-6)19-11-5-9(14)12(15)7(2)18-11/h6-16H,4-5H2,1-3H3/t6-,7?,8?,9?,10?,11-,12+,13-/m0/s1. The molecule has 0 aromatic rings. The van der Waals surface area contributed by atoms with Gasteiger partial charge in [-0.1, -0.05) is 0 Å². The minimum atomic E-state index is -0.891. The van der Waals surface area contributed by atoms with E-state index in [2.05, 4.69) is 0 Å². The summed E-state index contributed by atoms with van der Waals surface area (Å²) in [7, 11) is 0. The van der Waals surface area contributed by atoms with Crippen LogP contribution >= 0.6 is 0 Å². The van der Waals surface area contributed by atoms with E-state index in [0.717, 1.165) is 0 Å². The highest BCUT2D eigenvalue weighted by atomic mass is 16.7. The first-order valence-electron chi connectivity index (χ1n) is 6.89. The normalized spacial score (nSPS) is 52.1. The lowest BCUT2D eigenvalue weighted by atomic mass is 9.98. The molecule has 2 heterocycles. The third-order valence-electron chi connectivity index (χ3n) is 3.88. The molecule has 2 saturated heterocycles. The summed E-state index contributed by atoms with van der Waals surface area (Å²) in [6.07, 6.45) is -3.41. The smallest absolute Gasteiger partial charge is 0.161 e. The van der Waals surface area contributed by atoms with E-state index in [9.17, 15) is 15.3 Å². The number of rotatable bonds is 2. The summed E-state index contributed by atoms with van der Waals surface area (Å²) < 4.78 is 16.8. The summed E-state index contributed by atoms with van der Waals surface area (Å²) in [5.74, 6) is 0. The summed E-state index contributed by atoms with van der Waals surface area (Å²) in [4.78, 5) is 0. The molecule has 0 aromatic heterocycles. The molecule has 3 N–H and O–H groups in total. The highest BCUT2D eigenvalue weighted by Gasteiger charge is 2.40. The molecule has 0 aromatic carbocycles. The van der Waals surface area contributed by atoms with Crippen molar-refractivity contribution in [2.45, 2.75) is 82.6 Å². The Morgan fingerprint density at radius 2 is 1.53 bits per heavy atom. The van der Waals surface area contributed by atoms with Crippen LogP contribution < -0.4 is 0 Å². The Labute approximate surface area is 113 Å². The summed E-state index contributed by atoms with van der Waals surface area (Å²) in [6, 6.07) is 0. The molecule has 2 aliphatic heterocycles. The van der Waals surface area contributed by atoms with Crippen molar-refractivity contribution in [3.8, 4) is 0 Å². The van der Waals surface area contributed by atoms with Gasteiger partial charge in [-0.3, -0.25) is 0 Å². The molecular weight excluding hydrogens is 252 g/mol. The third-order valence-corrected chi connectivity index (χ3v) is 3.88. The highest BCUT2D eigenvalue weighted by molar-refractivity contribution is 4.85. The molecule has 0 saturated carbocycles. The van der Waals surface area contributed by atoms with Crippen LogP contribution in [0.15, 0.2) is 0 Å². The molecule has 6 nitrogen and oxygen atoms in total. The maximum Gasteiger partial charge on any atom is 0.161 e. The molecule has 0 radical (unpaired) electrons. The van der Waals surface area contributed by atoms with Crippen molar-refractivity contribution in [3.63, 3.8) is 0 Å². The van der Waals surface area contributed by atoms with Crippen molar-refractivity contribution in [2.75, 3.05) is 0 Å². The van der Waals surface area contributed by atoms with Crippen LogP contribution in [0.1, 0.15) is 33.6 Å². The van der Waals surface area contributed by atoms with Crippen molar-refractivity contribution in [1.29, 1.82) is 0 Å². The minimum absolute atomic E-state index is 0.0138. The monoisotopic (exact) mass is 276 g/mol. The Hall–Kier alpha value is -0.240. The Morgan fingerprint density at radius 3 is 2.16 bits per heavy atom. The number of ether oxygens (including phenoxy) is 3. The SMILES string of the molecule is CC1O[C@@H](OC2C[C@H](C)OC(C)[C@@H]2O)CC(O)[C@@H]1O. The molecule has 0 spiro atoms. The van der Waals surface area contributed by atoms with E-state index in [0.29, 0.717) is 6.42 Å². The maximum atomic E-state index is 10.1. The number of hydrogen-bond donors (Lipinski definition) is 3. The van der Waals surface area contributed by atoms with Gasteiger partial charge in [0.05, 0.1) is 30.5 Å². The topological polar surface area (TPSA) is 88.4 Å². The van der Waals surface area contributed by atoms with Crippen LogP contribution in [0.5, 0.6) is 0 Å². The molecule has 0 amide bonds. The lowest BCUT2D eigenvalue weighted by Crippen LogP contribution is -2.52. The van der Waals surface area contributed by atoms with E-state index in [4.69, 9.17) is 14.2 Å². The van der Waals surface area contributed by atoms with Crippen molar-refractivity contribution in [2.24, 2.45) is 0 Å². The summed E-state index contributed by atoms with van der Waals surface area (Å²) in [6.45, 7) is 5.43. The third kappa shape index (κ3) is 3.45. The molecule has 0 bridgehead atoms. The Morgan fingerprint density at radius 1 is 0.895 bits per heavy atom. The van der Waals surface area contributed by atoms with Crippen molar-refractivity contribution in [3.05, 3.63) is 0 Å². The molecule has 0 aliphatic carbocycles. The van der Waals surface area contributed by atoms with Crippen LogP contribution in [0.3, 0.4) is 0 Å². The van der Waals surface area contributed by atoms with E-state index in [1.807, 2.05) is 6.92 Å². The number of aliphatic hydroxyl groups excluding tert-OH is 3. The van der Waals surface area contributed by atoms with Gasteiger partial charge in [0.2, 0.25) is 0 Å². The predicted molar refractivity (Wildman–Crippen MR) is 66.5 cm³/mol. The average molecular weight is 276 g/mol. The molecule has 2 fully saturated rings. The lowest BCUT2D eigenvalue weighted by molar-refractivity contribution is -0.285. The van der Waals surface area contributed by atoms with Crippen LogP contribution in [0.4, 0.5) is 0 Å². The van der Waals surface area contributed by atoms with Crippen LogP contribution in [0, 0.1) is 0 Å². The second kappa shape index (κ2) is 6.03. The van der Waals surface area contributed by atoms with E-state index in [1.165, 1.54) is 0 Å². The second-order valence-electron chi connectivity index (χ2n) is 5.62. The van der Waals surface area contributed by atoms with Gasteiger partial charge in [0.1, 0.15) is 12.2 Å². The zero-order chi connectivity index (χ0) is 14.2. The summed E-state index contributed by atoms with van der Waals surface area (Å²) >= 11 is 0. The van der Waals surface area contributed by atoms with E-state index in [1.54, 1.807) is 13.8 Å². The highest BCUT2D eigenvalue weighted by Crippen LogP contribution is 2.27. The number of aliphatic hydroxyl groups is 3. The molecule has 112 valence electrons. The van der Waals surface area contributed by atoms with Gasteiger partial charge in [-0.2, -0.15) is 0 Å². The molecule has 8 atom stereocenters. The Balaban J connectivity index is 1.93. The van der Waals surface area contributed by atoms with Crippen molar-refractivity contribution < 1.29 is 29.5 Å². The van der Waals surface area contributed by atoms with Crippen molar-refractivity contribution in [1.82, 2.24) is 0 Å². The van der Waals surface area contributed by atoms with Gasteiger partial charge in [0.15, 0.2) is 6.29 Å². The second-order valence-corrected chi connectivity index (χ2v) is 5.62. The van der Waals surface area contributed by atoms with Gasteiger partial charge in [-0.05, 0) is 20.8 Å².